The molecule has 0 spiro atoms. The van der Waals surface area contributed by atoms with Crippen molar-refractivity contribution in [1.29, 1.82) is 0 Å². The van der Waals surface area contributed by atoms with Crippen LogP contribution in [0.25, 0.3) is 65.7 Å². The van der Waals surface area contributed by atoms with E-state index in [9.17, 15) is 0 Å². The molecule has 0 fully saturated rings. The Morgan fingerprint density at radius 3 is 1.53 bits per heavy atom. The standard InChI is InChI=1S/C64H42N2/c1-64-47-26-24-44-34-43-16-6-11-21-60(43)66(61(44)36-47)49-28-31-52-55(38-49)63(46-25-29-51(57(64)35-46)50-17-7-8-18-56(50)64)53-30-27-48(37-54(53)62(52)45-23-22-39-12-2-3-13-40(39)32-45)65-58-19-9-4-14-41(58)33-42-15-5-10-20-59(42)65/h2-32,35-38H,33-34H2,1H3. The van der Waals surface area contributed by atoms with Gasteiger partial charge in [0.25, 0.3) is 0 Å². The minimum Gasteiger partial charge on any atom is -0.310 e. The van der Waals surface area contributed by atoms with Crippen LogP contribution in [0.5, 0.6) is 0 Å². The van der Waals surface area contributed by atoms with Crippen molar-refractivity contribution in [2.75, 3.05) is 9.80 Å². The van der Waals surface area contributed by atoms with Crippen molar-refractivity contribution < 1.29 is 0 Å². The quantitative estimate of drug-likeness (QED) is 0.160. The van der Waals surface area contributed by atoms with Gasteiger partial charge in [0.15, 0.2) is 0 Å². The largest absolute Gasteiger partial charge is 0.310 e. The van der Waals surface area contributed by atoms with E-state index in [2.05, 4.69) is 229 Å². The van der Waals surface area contributed by atoms with Gasteiger partial charge in [-0.1, -0.05) is 152 Å². The van der Waals surface area contributed by atoms with E-state index in [1.807, 2.05) is 0 Å². The first-order valence-corrected chi connectivity index (χ1v) is 23.3. The second-order valence-electron chi connectivity index (χ2n) is 19.0. The van der Waals surface area contributed by atoms with Crippen LogP contribution in [0.1, 0.15) is 45.9 Å². The minimum absolute atomic E-state index is 0.366. The van der Waals surface area contributed by atoms with Gasteiger partial charge < -0.3 is 9.80 Å². The van der Waals surface area contributed by atoms with Gasteiger partial charge in [-0.15, -0.1) is 0 Å². The first-order valence-electron chi connectivity index (χ1n) is 23.3. The molecule has 2 heteroatoms. The second kappa shape index (κ2) is 13.2. The lowest BCUT2D eigenvalue weighted by Gasteiger charge is -2.37. The van der Waals surface area contributed by atoms with Gasteiger partial charge in [0.1, 0.15) is 0 Å². The van der Waals surface area contributed by atoms with Crippen molar-refractivity contribution in [3.8, 4) is 33.4 Å². The third-order valence-electron chi connectivity index (χ3n) is 15.6. The summed E-state index contributed by atoms with van der Waals surface area (Å²) in [6, 6.07) is 81.1. The zero-order chi connectivity index (χ0) is 43.3. The molecule has 0 saturated carbocycles. The van der Waals surface area contributed by atoms with Crippen molar-refractivity contribution in [3.63, 3.8) is 0 Å². The molecule has 15 rings (SSSR count). The van der Waals surface area contributed by atoms with E-state index < -0.39 is 0 Å². The Hall–Kier alpha value is -8.20. The predicted octanol–water partition coefficient (Wildman–Crippen LogP) is 16.9. The van der Waals surface area contributed by atoms with Gasteiger partial charge in [0, 0.05) is 52.4 Å². The molecule has 0 aromatic heterocycles. The van der Waals surface area contributed by atoms with Crippen LogP contribution in [0.15, 0.2) is 212 Å². The van der Waals surface area contributed by atoms with E-state index in [4.69, 9.17) is 0 Å². The number of anilines is 6. The van der Waals surface area contributed by atoms with Gasteiger partial charge in [0.2, 0.25) is 0 Å². The lowest BCUT2D eigenvalue weighted by Crippen LogP contribution is -2.25. The fraction of sp³-hybridized carbons (Fsp3) is 0.0625. The van der Waals surface area contributed by atoms with Crippen molar-refractivity contribution in [2.45, 2.75) is 25.2 Å². The molecule has 1 atom stereocenters. The van der Waals surface area contributed by atoms with Crippen LogP contribution in [0.4, 0.5) is 34.1 Å². The van der Waals surface area contributed by atoms with E-state index in [0.29, 0.717) is 0 Å². The summed E-state index contributed by atoms with van der Waals surface area (Å²) < 4.78 is 0. The number of rotatable bonds is 2. The zero-order valence-electron chi connectivity index (χ0n) is 36.5. The van der Waals surface area contributed by atoms with E-state index in [1.54, 1.807) is 0 Å². The Morgan fingerprint density at radius 2 is 0.864 bits per heavy atom. The normalized spacial score (nSPS) is 15.8. The molecule has 1 aliphatic carbocycles. The third kappa shape index (κ3) is 4.85. The highest BCUT2D eigenvalue weighted by molar-refractivity contribution is 6.23. The van der Waals surface area contributed by atoms with Crippen molar-refractivity contribution in [3.05, 3.63) is 251 Å². The molecule has 3 heterocycles. The summed E-state index contributed by atoms with van der Waals surface area (Å²) in [6.07, 6.45) is 1.82. The molecule has 66 heavy (non-hydrogen) atoms. The monoisotopic (exact) mass is 838 g/mol. The zero-order valence-corrected chi connectivity index (χ0v) is 36.5. The van der Waals surface area contributed by atoms with Gasteiger partial charge in [-0.3, -0.25) is 0 Å². The van der Waals surface area contributed by atoms with E-state index in [1.165, 1.54) is 133 Å². The van der Waals surface area contributed by atoms with Crippen LogP contribution in [-0.2, 0) is 18.3 Å². The van der Waals surface area contributed by atoms with Crippen LogP contribution >= 0.6 is 0 Å². The lowest BCUT2D eigenvalue weighted by molar-refractivity contribution is 0.713. The lowest BCUT2D eigenvalue weighted by atomic mass is 9.72. The van der Waals surface area contributed by atoms with E-state index >= 15 is 0 Å². The predicted molar refractivity (Wildman–Crippen MR) is 276 cm³/mol. The average Bonchev–Trinajstić information content (AvgIpc) is 3.63. The van der Waals surface area contributed by atoms with Gasteiger partial charge in [-0.2, -0.15) is 0 Å². The number of hydrogen-bond donors (Lipinski definition) is 0. The molecule has 0 radical (unpaired) electrons. The molecule has 11 aromatic rings. The molecular formula is C64H42N2. The number of benzene rings is 11. The van der Waals surface area contributed by atoms with E-state index in [-0.39, 0.29) is 5.41 Å². The number of fused-ring (bicyclic) bond motifs is 16. The maximum absolute atomic E-state index is 2.55. The highest BCUT2D eigenvalue weighted by Crippen LogP contribution is 2.57. The molecule has 6 bridgehead atoms. The van der Waals surface area contributed by atoms with Crippen molar-refractivity contribution >= 4 is 66.4 Å². The fourth-order valence-electron chi connectivity index (χ4n) is 12.5. The molecule has 0 amide bonds. The van der Waals surface area contributed by atoms with Crippen LogP contribution < -0.4 is 9.80 Å². The van der Waals surface area contributed by atoms with Crippen LogP contribution in [0.2, 0.25) is 0 Å². The Morgan fingerprint density at radius 1 is 0.348 bits per heavy atom. The highest BCUT2D eigenvalue weighted by Gasteiger charge is 2.42. The fourth-order valence-corrected chi connectivity index (χ4v) is 12.5. The maximum atomic E-state index is 2.55. The summed E-state index contributed by atoms with van der Waals surface area (Å²) in [5, 5.41) is 7.48. The van der Waals surface area contributed by atoms with Gasteiger partial charge in [-0.05, 0) is 172 Å². The summed E-state index contributed by atoms with van der Waals surface area (Å²) in [7, 11) is 0. The summed E-state index contributed by atoms with van der Waals surface area (Å²) in [5.74, 6) is 0. The van der Waals surface area contributed by atoms with Gasteiger partial charge >= 0.3 is 0 Å². The average molecular weight is 839 g/mol. The minimum atomic E-state index is -0.366. The number of hydrogen-bond acceptors (Lipinski definition) is 2. The number of para-hydroxylation sites is 3. The van der Waals surface area contributed by atoms with Gasteiger partial charge in [0.05, 0.1) is 0 Å². The smallest absolute Gasteiger partial charge is 0.0500 e. The molecule has 308 valence electrons. The first kappa shape index (κ1) is 36.2. The van der Waals surface area contributed by atoms with Crippen LogP contribution in [-0.4, -0.2) is 0 Å². The van der Waals surface area contributed by atoms with E-state index in [0.717, 1.165) is 18.5 Å². The molecular weight excluding hydrogens is 797 g/mol. The summed E-state index contributed by atoms with van der Waals surface area (Å²) >= 11 is 0. The summed E-state index contributed by atoms with van der Waals surface area (Å²) in [4.78, 5) is 5.05. The Kier molecular flexibility index (Phi) is 7.23. The maximum Gasteiger partial charge on any atom is 0.0500 e. The topological polar surface area (TPSA) is 6.48 Å². The molecule has 0 N–H and O–H groups in total. The third-order valence-corrected chi connectivity index (χ3v) is 15.6. The molecule has 11 aromatic carbocycles. The Labute approximate surface area is 384 Å². The second-order valence-corrected chi connectivity index (χ2v) is 19.0. The summed E-state index contributed by atoms with van der Waals surface area (Å²) in [5.41, 5.74) is 24.0. The van der Waals surface area contributed by atoms with Gasteiger partial charge in [-0.25, -0.2) is 0 Å². The summed E-state index contributed by atoms with van der Waals surface area (Å²) in [6.45, 7) is 2.46. The number of nitrogens with zero attached hydrogens (tertiary/aromatic N) is 2. The molecule has 0 saturated heterocycles. The highest BCUT2D eigenvalue weighted by atomic mass is 15.2. The van der Waals surface area contributed by atoms with Crippen molar-refractivity contribution in [2.24, 2.45) is 0 Å². The van der Waals surface area contributed by atoms with Crippen LogP contribution in [0.3, 0.4) is 0 Å². The van der Waals surface area contributed by atoms with Crippen molar-refractivity contribution in [1.82, 2.24) is 0 Å². The molecule has 4 aliphatic rings. The van der Waals surface area contributed by atoms with Crippen LogP contribution in [0, 0.1) is 0 Å². The Balaban J connectivity index is 1.10. The molecule has 1 unspecified atom stereocenters. The first-order chi connectivity index (χ1) is 32.6. The Bertz CT molecular complexity index is 3890. The SMILES string of the molecule is CC12c3ccc4c(c3)N(c3ccc5c(-c6ccc7ccccc7c6)c6cc(N7c8ccccc8Cc8ccccc87)ccc6c(c5c3)-c3ccc(c1c3)-c1ccccc12)c1ccccc1C4. The molecule has 3 aliphatic heterocycles. The molecule has 2 nitrogen and oxygen atoms in total.